The molecule has 1 aliphatic heterocycles. The molecule has 1 aliphatic rings. The van der Waals surface area contributed by atoms with Crippen molar-refractivity contribution in [2.45, 2.75) is 19.3 Å². The summed E-state index contributed by atoms with van der Waals surface area (Å²) in [5.74, 6) is 0.710. The lowest BCUT2D eigenvalue weighted by atomic mass is 9.94. The maximum Gasteiger partial charge on any atom is 0.167 e. The molecule has 16 heavy (non-hydrogen) atoms. The number of hydrogen-bond donors (Lipinski definition) is 1. The third-order valence-electron chi connectivity index (χ3n) is 3.33. The maximum atomic E-state index is 5.32. The Labute approximate surface area is 94.8 Å². The molecule has 1 aromatic heterocycles. The first kappa shape index (κ1) is 9.85. The molecule has 1 N–H and O–H groups in total. The van der Waals surface area contributed by atoms with Gasteiger partial charge in [0.05, 0.1) is 5.69 Å². The fourth-order valence-corrected chi connectivity index (χ4v) is 2.46. The summed E-state index contributed by atoms with van der Waals surface area (Å²) in [5, 5.41) is 8.80. The van der Waals surface area contributed by atoms with E-state index in [-0.39, 0.29) is 0 Å². The zero-order valence-corrected chi connectivity index (χ0v) is 9.28. The van der Waals surface area contributed by atoms with Gasteiger partial charge in [0.15, 0.2) is 5.58 Å². The number of nitrogens with zero attached hydrogens (tertiary/aromatic N) is 1. The highest BCUT2D eigenvalue weighted by atomic mass is 16.5. The van der Waals surface area contributed by atoms with Crippen LogP contribution in [0.2, 0.25) is 0 Å². The van der Waals surface area contributed by atoms with E-state index in [2.05, 4.69) is 16.5 Å². The quantitative estimate of drug-likeness (QED) is 0.837. The van der Waals surface area contributed by atoms with Crippen LogP contribution in [0.15, 0.2) is 28.8 Å². The molecule has 1 fully saturated rings. The van der Waals surface area contributed by atoms with Crippen molar-refractivity contribution in [3.8, 4) is 0 Å². The topological polar surface area (TPSA) is 38.1 Å². The fourth-order valence-electron chi connectivity index (χ4n) is 2.46. The second-order valence-electron chi connectivity index (χ2n) is 4.54. The van der Waals surface area contributed by atoms with Crippen LogP contribution in [0, 0.1) is 5.92 Å². The van der Waals surface area contributed by atoms with Crippen LogP contribution in [0.25, 0.3) is 11.0 Å². The Hall–Kier alpha value is -1.35. The molecule has 0 amide bonds. The van der Waals surface area contributed by atoms with Gasteiger partial charge in [-0.2, -0.15) is 0 Å². The number of rotatable bonds is 2. The summed E-state index contributed by atoms with van der Waals surface area (Å²) in [6, 6.07) is 8.10. The highest BCUT2D eigenvalue weighted by molar-refractivity contribution is 5.79. The van der Waals surface area contributed by atoms with Gasteiger partial charge in [-0.05, 0) is 50.4 Å². The van der Waals surface area contributed by atoms with E-state index < -0.39 is 0 Å². The molecule has 1 unspecified atom stereocenters. The van der Waals surface area contributed by atoms with Crippen LogP contribution < -0.4 is 5.32 Å². The van der Waals surface area contributed by atoms with Gasteiger partial charge in [0.1, 0.15) is 0 Å². The van der Waals surface area contributed by atoms with Crippen LogP contribution in [0.5, 0.6) is 0 Å². The Morgan fingerprint density at radius 2 is 2.31 bits per heavy atom. The average Bonchev–Trinajstić information content (AvgIpc) is 2.74. The van der Waals surface area contributed by atoms with Crippen molar-refractivity contribution in [1.29, 1.82) is 0 Å². The van der Waals surface area contributed by atoms with Crippen molar-refractivity contribution in [2.24, 2.45) is 5.92 Å². The van der Waals surface area contributed by atoms with Crippen molar-refractivity contribution in [3.63, 3.8) is 0 Å². The zero-order valence-electron chi connectivity index (χ0n) is 9.28. The molecule has 2 aromatic rings. The summed E-state index contributed by atoms with van der Waals surface area (Å²) in [6.07, 6.45) is 3.61. The zero-order chi connectivity index (χ0) is 10.8. The Kier molecular flexibility index (Phi) is 2.62. The molecule has 3 nitrogen and oxygen atoms in total. The number of benzene rings is 1. The van der Waals surface area contributed by atoms with Gasteiger partial charge in [-0.25, -0.2) is 0 Å². The summed E-state index contributed by atoms with van der Waals surface area (Å²) in [5.41, 5.74) is 2.02. The van der Waals surface area contributed by atoms with Gasteiger partial charge in [0.25, 0.3) is 0 Å². The van der Waals surface area contributed by atoms with E-state index in [4.69, 9.17) is 4.52 Å². The number of piperidine rings is 1. The molecule has 1 aromatic carbocycles. The van der Waals surface area contributed by atoms with Gasteiger partial charge in [0.2, 0.25) is 0 Å². The second-order valence-corrected chi connectivity index (χ2v) is 4.54. The molecule has 0 radical (unpaired) electrons. The highest BCUT2D eigenvalue weighted by Gasteiger charge is 2.17. The Morgan fingerprint density at radius 1 is 1.38 bits per heavy atom. The van der Waals surface area contributed by atoms with Crippen molar-refractivity contribution in [3.05, 3.63) is 30.0 Å². The van der Waals surface area contributed by atoms with Crippen LogP contribution in [-0.4, -0.2) is 18.2 Å². The number of aromatic nitrogens is 1. The third kappa shape index (κ3) is 1.83. The monoisotopic (exact) mass is 216 g/mol. The van der Waals surface area contributed by atoms with Gasteiger partial charge < -0.3 is 9.84 Å². The molecule has 1 saturated heterocycles. The Balaban J connectivity index is 1.83. The average molecular weight is 216 g/mol. The molecule has 0 bridgehead atoms. The van der Waals surface area contributed by atoms with Gasteiger partial charge in [0, 0.05) is 5.39 Å². The molecule has 0 spiro atoms. The molecule has 0 aliphatic carbocycles. The van der Waals surface area contributed by atoms with Gasteiger partial charge in [-0.15, -0.1) is 0 Å². The van der Waals surface area contributed by atoms with Gasteiger partial charge >= 0.3 is 0 Å². The Morgan fingerprint density at radius 3 is 3.19 bits per heavy atom. The molecule has 3 rings (SSSR count). The molecule has 2 heterocycles. The number of hydrogen-bond acceptors (Lipinski definition) is 3. The van der Waals surface area contributed by atoms with Crippen LogP contribution >= 0.6 is 0 Å². The van der Waals surface area contributed by atoms with E-state index in [1.165, 1.54) is 18.2 Å². The predicted octanol–water partition coefficient (Wildman–Crippen LogP) is 2.37. The summed E-state index contributed by atoms with van der Waals surface area (Å²) < 4.78 is 5.32. The predicted molar refractivity (Wildman–Crippen MR) is 63.3 cm³/mol. The number of nitrogens with one attached hydrogen (secondary N) is 1. The molecular weight excluding hydrogens is 200 g/mol. The summed E-state index contributed by atoms with van der Waals surface area (Å²) in [6.45, 7) is 2.28. The van der Waals surface area contributed by atoms with E-state index in [9.17, 15) is 0 Å². The molecule has 1 atom stereocenters. The van der Waals surface area contributed by atoms with E-state index in [0.717, 1.165) is 30.8 Å². The molecule has 0 saturated carbocycles. The van der Waals surface area contributed by atoms with Gasteiger partial charge in [-0.1, -0.05) is 17.3 Å². The second kappa shape index (κ2) is 4.26. The minimum absolute atomic E-state index is 0.710. The van der Waals surface area contributed by atoms with Gasteiger partial charge in [-0.3, -0.25) is 0 Å². The summed E-state index contributed by atoms with van der Waals surface area (Å²) in [7, 11) is 0. The molecular formula is C13H16N2O. The smallest absolute Gasteiger partial charge is 0.167 e. The summed E-state index contributed by atoms with van der Waals surface area (Å²) >= 11 is 0. The van der Waals surface area contributed by atoms with E-state index in [1.807, 2.05) is 18.2 Å². The standard InChI is InChI=1S/C13H16N2O/c1-2-6-13-11(5-1)12(15-16-13)8-10-4-3-7-14-9-10/h1-2,5-6,10,14H,3-4,7-9H2. The number of para-hydroxylation sites is 1. The van der Waals surface area contributed by atoms with Crippen molar-refractivity contribution < 1.29 is 4.52 Å². The largest absolute Gasteiger partial charge is 0.356 e. The first-order chi connectivity index (χ1) is 7.93. The van der Waals surface area contributed by atoms with Crippen molar-refractivity contribution >= 4 is 11.0 Å². The summed E-state index contributed by atoms with van der Waals surface area (Å²) in [4.78, 5) is 0. The lowest BCUT2D eigenvalue weighted by molar-refractivity contribution is 0.363. The highest BCUT2D eigenvalue weighted by Crippen LogP contribution is 2.22. The molecule has 84 valence electrons. The minimum atomic E-state index is 0.710. The maximum absolute atomic E-state index is 5.32. The van der Waals surface area contributed by atoms with Crippen molar-refractivity contribution in [2.75, 3.05) is 13.1 Å². The normalized spacial score (nSPS) is 21.4. The third-order valence-corrected chi connectivity index (χ3v) is 3.33. The Bertz CT molecular complexity index is 471. The first-order valence-corrected chi connectivity index (χ1v) is 5.97. The van der Waals surface area contributed by atoms with E-state index in [1.54, 1.807) is 0 Å². The molecule has 3 heteroatoms. The fraction of sp³-hybridized carbons (Fsp3) is 0.462. The van der Waals surface area contributed by atoms with Crippen LogP contribution in [-0.2, 0) is 6.42 Å². The first-order valence-electron chi connectivity index (χ1n) is 5.97. The van der Waals surface area contributed by atoms with E-state index >= 15 is 0 Å². The van der Waals surface area contributed by atoms with E-state index in [0.29, 0.717) is 5.92 Å². The lowest BCUT2D eigenvalue weighted by Crippen LogP contribution is -2.30. The SMILES string of the molecule is c1ccc2c(CC3CCCNC3)noc2c1. The minimum Gasteiger partial charge on any atom is -0.356 e. The van der Waals surface area contributed by atoms with Crippen molar-refractivity contribution in [1.82, 2.24) is 10.5 Å². The number of fused-ring (bicyclic) bond motifs is 1. The lowest BCUT2D eigenvalue weighted by Gasteiger charge is -2.21. The van der Waals surface area contributed by atoms with Crippen LogP contribution in [0.3, 0.4) is 0 Å². The van der Waals surface area contributed by atoms with Crippen LogP contribution in [0.4, 0.5) is 0 Å². The van der Waals surface area contributed by atoms with Crippen LogP contribution in [0.1, 0.15) is 18.5 Å².